The van der Waals surface area contributed by atoms with E-state index in [4.69, 9.17) is 5.11 Å². The number of nitrogens with zero attached hydrogens (tertiary/aromatic N) is 3. The summed E-state index contributed by atoms with van der Waals surface area (Å²) >= 11 is 0. The van der Waals surface area contributed by atoms with Crippen molar-refractivity contribution >= 4 is 17.2 Å². The Kier molecular flexibility index (Phi) is 2.51. The largest absolute Gasteiger partial charge is 0.396 e. The van der Waals surface area contributed by atoms with Gasteiger partial charge in [0.05, 0.1) is 12.0 Å². The SMILES string of the molecule is OCCC=Cc1ncnc2nc[nH]c12. The first-order valence-electron chi connectivity index (χ1n) is 4.33. The Morgan fingerprint density at radius 3 is 3.14 bits per heavy atom. The lowest BCUT2D eigenvalue weighted by Crippen LogP contribution is -1.86. The molecule has 0 aliphatic heterocycles. The molecular formula is C9H10N4O. The van der Waals surface area contributed by atoms with Gasteiger partial charge >= 0.3 is 0 Å². The van der Waals surface area contributed by atoms with E-state index in [1.165, 1.54) is 6.33 Å². The van der Waals surface area contributed by atoms with E-state index >= 15 is 0 Å². The summed E-state index contributed by atoms with van der Waals surface area (Å²) in [6.07, 6.45) is 7.39. The summed E-state index contributed by atoms with van der Waals surface area (Å²) in [6, 6.07) is 0. The third-order valence-corrected chi connectivity index (χ3v) is 1.82. The number of rotatable bonds is 3. The molecule has 2 aromatic heterocycles. The van der Waals surface area contributed by atoms with Gasteiger partial charge in [0, 0.05) is 6.61 Å². The van der Waals surface area contributed by atoms with E-state index in [1.807, 2.05) is 12.2 Å². The second kappa shape index (κ2) is 3.97. The highest BCUT2D eigenvalue weighted by molar-refractivity contribution is 5.78. The predicted molar refractivity (Wildman–Crippen MR) is 52.4 cm³/mol. The minimum Gasteiger partial charge on any atom is -0.396 e. The molecule has 2 N–H and O–H groups in total. The van der Waals surface area contributed by atoms with E-state index < -0.39 is 0 Å². The third kappa shape index (κ3) is 1.62. The van der Waals surface area contributed by atoms with Gasteiger partial charge in [-0.3, -0.25) is 0 Å². The van der Waals surface area contributed by atoms with Crippen molar-refractivity contribution in [2.45, 2.75) is 6.42 Å². The fraction of sp³-hybridized carbons (Fsp3) is 0.222. The summed E-state index contributed by atoms with van der Waals surface area (Å²) in [5.41, 5.74) is 2.27. The molecule has 14 heavy (non-hydrogen) atoms. The minimum absolute atomic E-state index is 0.147. The number of aliphatic hydroxyl groups is 1. The van der Waals surface area contributed by atoms with Crippen molar-refractivity contribution in [3.63, 3.8) is 0 Å². The summed E-state index contributed by atoms with van der Waals surface area (Å²) in [7, 11) is 0. The zero-order valence-corrected chi connectivity index (χ0v) is 7.51. The van der Waals surface area contributed by atoms with E-state index in [-0.39, 0.29) is 6.61 Å². The number of hydrogen-bond donors (Lipinski definition) is 2. The molecule has 0 bridgehead atoms. The molecule has 0 atom stereocenters. The van der Waals surface area contributed by atoms with Crippen molar-refractivity contribution in [1.29, 1.82) is 0 Å². The van der Waals surface area contributed by atoms with Gasteiger partial charge in [0.25, 0.3) is 0 Å². The second-order valence-corrected chi connectivity index (χ2v) is 2.77. The first kappa shape index (κ1) is 8.83. The molecule has 0 aliphatic carbocycles. The average Bonchev–Trinajstić information content (AvgIpc) is 2.67. The quantitative estimate of drug-likeness (QED) is 0.748. The van der Waals surface area contributed by atoms with Crippen LogP contribution in [0.25, 0.3) is 17.2 Å². The summed E-state index contributed by atoms with van der Waals surface area (Å²) in [5.74, 6) is 0. The summed E-state index contributed by atoms with van der Waals surface area (Å²) < 4.78 is 0. The van der Waals surface area contributed by atoms with Gasteiger partial charge in [0.15, 0.2) is 5.65 Å². The summed E-state index contributed by atoms with van der Waals surface area (Å²) in [4.78, 5) is 15.1. The van der Waals surface area contributed by atoms with Crippen LogP contribution in [0.15, 0.2) is 18.7 Å². The third-order valence-electron chi connectivity index (χ3n) is 1.82. The molecule has 0 aromatic carbocycles. The lowest BCUT2D eigenvalue weighted by Gasteiger charge is -1.93. The number of nitrogens with one attached hydrogen (secondary N) is 1. The molecule has 5 nitrogen and oxygen atoms in total. The fourth-order valence-corrected chi connectivity index (χ4v) is 1.18. The van der Waals surface area contributed by atoms with Gasteiger partial charge in [-0.2, -0.15) is 0 Å². The zero-order valence-electron chi connectivity index (χ0n) is 7.51. The molecule has 0 saturated carbocycles. The number of aromatic amines is 1. The van der Waals surface area contributed by atoms with Gasteiger partial charge < -0.3 is 10.1 Å². The fourth-order valence-electron chi connectivity index (χ4n) is 1.18. The molecule has 0 unspecified atom stereocenters. The molecule has 72 valence electrons. The molecule has 0 fully saturated rings. The second-order valence-electron chi connectivity index (χ2n) is 2.77. The molecule has 0 amide bonds. The molecule has 0 saturated heterocycles. The Morgan fingerprint density at radius 1 is 1.36 bits per heavy atom. The van der Waals surface area contributed by atoms with E-state index in [0.29, 0.717) is 12.1 Å². The van der Waals surface area contributed by atoms with Gasteiger partial charge in [-0.15, -0.1) is 0 Å². The molecule has 5 heteroatoms. The number of H-pyrrole nitrogens is 1. The Labute approximate surface area is 80.5 Å². The van der Waals surface area contributed by atoms with Crippen LogP contribution in [-0.4, -0.2) is 31.6 Å². The number of aliphatic hydroxyl groups excluding tert-OH is 1. The highest BCUT2D eigenvalue weighted by Gasteiger charge is 2.01. The maximum Gasteiger partial charge on any atom is 0.181 e. The van der Waals surface area contributed by atoms with Crippen LogP contribution in [0.3, 0.4) is 0 Å². The van der Waals surface area contributed by atoms with Crippen LogP contribution in [-0.2, 0) is 0 Å². The van der Waals surface area contributed by atoms with E-state index in [9.17, 15) is 0 Å². The van der Waals surface area contributed by atoms with E-state index in [1.54, 1.807) is 6.33 Å². The summed E-state index contributed by atoms with van der Waals surface area (Å²) in [5, 5.41) is 8.61. The van der Waals surface area contributed by atoms with Crippen molar-refractivity contribution < 1.29 is 5.11 Å². The van der Waals surface area contributed by atoms with Crippen LogP contribution in [0.4, 0.5) is 0 Å². The van der Waals surface area contributed by atoms with Crippen molar-refractivity contribution in [2.75, 3.05) is 6.61 Å². The maximum absolute atomic E-state index is 8.61. The standard InChI is InChI=1S/C9H10N4O/c14-4-2-1-3-7-8-9(12-5-10-7)13-6-11-8/h1,3,5-6,14H,2,4H2,(H,10,11,12,13). The number of fused-ring (bicyclic) bond motifs is 1. The van der Waals surface area contributed by atoms with Crippen LogP contribution < -0.4 is 0 Å². The highest BCUT2D eigenvalue weighted by atomic mass is 16.2. The van der Waals surface area contributed by atoms with E-state index in [0.717, 1.165) is 11.2 Å². The smallest absolute Gasteiger partial charge is 0.181 e. The molecule has 2 aromatic rings. The van der Waals surface area contributed by atoms with E-state index in [2.05, 4.69) is 19.9 Å². The Bertz CT molecular complexity index is 449. The minimum atomic E-state index is 0.147. The first-order chi connectivity index (χ1) is 6.92. The van der Waals surface area contributed by atoms with Gasteiger partial charge in [0.1, 0.15) is 11.8 Å². The average molecular weight is 190 g/mol. The van der Waals surface area contributed by atoms with Crippen LogP contribution in [0.2, 0.25) is 0 Å². The van der Waals surface area contributed by atoms with Crippen LogP contribution in [0.5, 0.6) is 0 Å². The van der Waals surface area contributed by atoms with Crippen molar-refractivity contribution in [2.24, 2.45) is 0 Å². The molecule has 2 rings (SSSR count). The summed E-state index contributed by atoms with van der Waals surface area (Å²) in [6.45, 7) is 0.147. The normalized spacial score (nSPS) is 11.5. The van der Waals surface area contributed by atoms with Gasteiger partial charge in [0.2, 0.25) is 0 Å². The Morgan fingerprint density at radius 2 is 2.29 bits per heavy atom. The van der Waals surface area contributed by atoms with Crippen molar-refractivity contribution in [3.05, 3.63) is 24.4 Å². The highest BCUT2D eigenvalue weighted by Crippen LogP contribution is 2.10. The lowest BCUT2D eigenvalue weighted by atomic mass is 10.3. The maximum atomic E-state index is 8.61. The molecule has 0 radical (unpaired) electrons. The zero-order chi connectivity index (χ0) is 9.80. The molecule has 0 spiro atoms. The number of imidazole rings is 1. The topological polar surface area (TPSA) is 74.7 Å². The number of hydrogen-bond acceptors (Lipinski definition) is 4. The van der Waals surface area contributed by atoms with Crippen LogP contribution in [0, 0.1) is 0 Å². The molecule has 2 heterocycles. The van der Waals surface area contributed by atoms with Gasteiger partial charge in [-0.1, -0.05) is 6.08 Å². The number of aromatic nitrogens is 4. The lowest BCUT2D eigenvalue weighted by molar-refractivity contribution is 0.303. The Balaban J connectivity index is 2.36. The van der Waals surface area contributed by atoms with Gasteiger partial charge in [-0.05, 0) is 12.5 Å². The Hall–Kier alpha value is -1.75. The molecule has 0 aliphatic rings. The molecular weight excluding hydrogens is 180 g/mol. The van der Waals surface area contributed by atoms with Crippen LogP contribution >= 0.6 is 0 Å². The van der Waals surface area contributed by atoms with Crippen molar-refractivity contribution in [1.82, 2.24) is 19.9 Å². The van der Waals surface area contributed by atoms with Gasteiger partial charge in [-0.25, -0.2) is 15.0 Å². The monoisotopic (exact) mass is 190 g/mol. The van der Waals surface area contributed by atoms with Crippen molar-refractivity contribution in [3.8, 4) is 0 Å². The van der Waals surface area contributed by atoms with Crippen LogP contribution in [0.1, 0.15) is 12.1 Å². The first-order valence-corrected chi connectivity index (χ1v) is 4.33. The predicted octanol–water partition coefficient (Wildman–Crippen LogP) is 0.748.